The molecule has 0 saturated heterocycles. The molecule has 3 aromatic carbocycles. The Kier molecular flexibility index (Phi) is 5.23. The highest BCUT2D eigenvalue weighted by Gasteiger charge is 2.44. The molecule has 0 bridgehead atoms. The fourth-order valence-electron chi connectivity index (χ4n) is 3.21. The van der Waals surface area contributed by atoms with E-state index in [9.17, 15) is 0 Å². The summed E-state index contributed by atoms with van der Waals surface area (Å²) in [6.07, 6.45) is 2.15. The topological polar surface area (TPSA) is 26.0 Å². The van der Waals surface area contributed by atoms with Crippen LogP contribution >= 0.6 is 7.26 Å². The quantitative estimate of drug-likeness (QED) is 0.693. The SMILES string of the molecule is NCCC[P+](c1ccccc1)(c1ccccc1)c1ccccc1. The van der Waals surface area contributed by atoms with Crippen LogP contribution in [-0.2, 0) is 0 Å². The monoisotopic (exact) mass is 320 g/mol. The van der Waals surface area contributed by atoms with E-state index in [2.05, 4.69) is 91.0 Å². The van der Waals surface area contributed by atoms with Crippen LogP contribution in [0.4, 0.5) is 0 Å². The molecule has 0 saturated carbocycles. The molecule has 0 amide bonds. The van der Waals surface area contributed by atoms with Gasteiger partial charge in [0, 0.05) is 0 Å². The van der Waals surface area contributed by atoms with Crippen molar-refractivity contribution >= 4 is 23.2 Å². The van der Waals surface area contributed by atoms with Gasteiger partial charge in [0.05, 0.1) is 6.16 Å². The highest BCUT2D eigenvalue weighted by molar-refractivity contribution is 7.95. The van der Waals surface area contributed by atoms with Gasteiger partial charge in [0.15, 0.2) is 0 Å². The smallest absolute Gasteiger partial charge is 0.112 e. The van der Waals surface area contributed by atoms with Gasteiger partial charge in [-0.15, -0.1) is 0 Å². The number of benzene rings is 3. The van der Waals surface area contributed by atoms with Crippen molar-refractivity contribution in [1.82, 2.24) is 0 Å². The van der Waals surface area contributed by atoms with Crippen LogP contribution in [0.25, 0.3) is 0 Å². The van der Waals surface area contributed by atoms with Crippen LogP contribution in [0.15, 0.2) is 91.0 Å². The maximum Gasteiger partial charge on any atom is 0.112 e. The first-order valence-corrected chi connectivity index (χ1v) is 10.1. The van der Waals surface area contributed by atoms with Crippen LogP contribution in [0.2, 0.25) is 0 Å². The highest BCUT2D eigenvalue weighted by Crippen LogP contribution is 2.55. The van der Waals surface area contributed by atoms with E-state index in [1.807, 2.05) is 0 Å². The minimum atomic E-state index is -1.65. The van der Waals surface area contributed by atoms with Crippen LogP contribution in [0.3, 0.4) is 0 Å². The lowest BCUT2D eigenvalue weighted by Gasteiger charge is -2.27. The van der Waals surface area contributed by atoms with Crippen LogP contribution in [0, 0.1) is 0 Å². The molecule has 0 heterocycles. The van der Waals surface area contributed by atoms with Gasteiger partial charge in [-0.1, -0.05) is 54.6 Å². The molecule has 0 spiro atoms. The van der Waals surface area contributed by atoms with Crippen molar-refractivity contribution in [3.8, 4) is 0 Å². The van der Waals surface area contributed by atoms with E-state index in [-0.39, 0.29) is 0 Å². The Balaban J connectivity index is 2.25. The molecule has 0 fully saturated rings. The van der Waals surface area contributed by atoms with Crippen molar-refractivity contribution in [2.24, 2.45) is 5.73 Å². The molecule has 23 heavy (non-hydrogen) atoms. The van der Waals surface area contributed by atoms with Crippen molar-refractivity contribution < 1.29 is 0 Å². The third-order valence-electron chi connectivity index (χ3n) is 4.29. The Hall–Kier alpha value is -1.95. The largest absolute Gasteiger partial charge is 0.330 e. The Morgan fingerprint density at radius 2 is 0.913 bits per heavy atom. The zero-order chi connectivity index (χ0) is 16.0. The summed E-state index contributed by atoms with van der Waals surface area (Å²) in [5.41, 5.74) is 5.89. The second-order valence-electron chi connectivity index (χ2n) is 5.68. The number of hydrogen-bond donors (Lipinski definition) is 1. The molecule has 2 N–H and O–H groups in total. The van der Waals surface area contributed by atoms with Crippen molar-refractivity contribution in [3.05, 3.63) is 91.0 Å². The molecule has 0 aliphatic rings. The summed E-state index contributed by atoms with van der Waals surface area (Å²) in [7, 11) is -1.65. The van der Waals surface area contributed by atoms with Gasteiger partial charge in [-0.3, -0.25) is 0 Å². The first-order valence-electron chi connectivity index (χ1n) is 8.13. The zero-order valence-corrected chi connectivity index (χ0v) is 14.2. The highest BCUT2D eigenvalue weighted by atomic mass is 31.2. The van der Waals surface area contributed by atoms with E-state index >= 15 is 0 Å². The Morgan fingerprint density at radius 3 is 1.22 bits per heavy atom. The molecule has 3 aromatic rings. The van der Waals surface area contributed by atoms with Gasteiger partial charge in [0.25, 0.3) is 0 Å². The average molecular weight is 320 g/mol. The maximum absolute atomic E-state index is 5.89. The molecule has 0 unspecified atom stereocenters. The van der Waals surface area contributed by atoms with Crippen molar-refractivity contribution in [2.45, 2.75) is 6.42 Å². The molecule has 0 atom stereocenters. The normalized spacial score (nSPS) is 11.3. The van der Waals surface area contributed by atoms with Crippen molar-refractivity contribution in [3.63, 3.8) is 0 Å². The predicted molar refractivity (Wildman–Crippen MR) is 104 cm³/mol. The van der Waals surface area contributed by atoms with Gasteiger partial charge in [-0.2, -0.15) is 0 Å². The molecule has 3 rings (SSSR count). The maximum atomic E-state index is 5.89. The summed E-state index contributed by atoms with van der Waals surface area (Å²) in [6.45, 7) is 0.730. The Morgan fingerprint density at radius 1 is 0.565 bits per heavy atom. The summed E-state index contributed by atoms with van der Waals surface area (Å²) in [5.74, 6) is 0. The van der Waals surface area contributed by atoms with E-state index in [0.717, 1.165) is 19.1 Å². The molecule has 0 aliphatic heterocycles. The second kappa shape index (κ2) is 7.55. The second-order valence-corrected chi connectivity index (χ2v) is 9.30. The van der Waals surface area contributed by atoms with Crippen molar-refractivity contribution in [1.29, 1.82) is 0 Å². The minimum absolute atomic E-state index is 0.730. The zero-order valence-electron chi connectivity index (χ0n) is 13.3. The van der Waals surface area contributed by atoms with Gasteiger partial charge in [-0.05, 0) is 49.4 Å². The summed E-state index contributed by atoms with van der Waals surface area (Å²) >= 11 is 0. The van der Waals surface area contributed by atoms with Gasteiger partial charge in [0.2, 0.25) is 0 Å². The number of rotatable bonds is 6. The average Bonchev–Trinajstić information content (AvgIpc) is 2.65. The lowest BCUT2D eigenvalue weighted by Crippen LogP contribution is -2.33. The fourth-order valence-corrected chi connectivity index (χ4v) is 7.58. The van der Waals surface area contributed by atoms with Crippen LogP contribution in [0.5, 0.6) is 0 Å². The molecule has 0 aromatic heterocycles. The molecule has 2 heteroatoms. The van der Waals surface area contributed by atoms with E-state index in [4.69, 9.17) is 5.73 Å². The van der Waals surface area contributed by atoms with Crippen molar-refractivity contribution in [2.75, 3.05) is 12.7 Å². The van der Waals surface area contributed by atoms with Gasteiger partial charge in [0.1, 0.15) is 23.2 Å². The van der Waals surface area contributed by atoms with Gasteiger partial charge in [-0.25, -0.2) is 0 Å². The first-order chi connectivity index (χ1) is 11.4. The van der Waals surface area contributed by atoms with E-state index in [1.54, 1.807) is 0 Å². The van der Waals surface area contributed by atoms with E-state index < -0.39 is 7.26 Å². The van der Waals surface area contributed by atoms with Gasteiger partial charge < -0.3 is 5.73 Å². The molecule has 0 aliphatic carbocycles. The van der Waals surface area contributed by atoms with Crippen LogP contribution in [-0.4, -0.2) is 12.7 Å². The molecular weight excluding hydrogens is 297 g/mol. The van der Waals surface area contributed by atoms with Crippen LogP contribution in [0.1, 0.15) is 6.42 Å². The predicted octanol–water partition coefficient (Wildman–Crippen LogP) is 3.33. The molecule has 116 valence electrons. The summed E-state index contributed by atoms with van der Waals surface area (Å²) < 4.78 is 0. The van der Waals surface area contributed by atoms with E-state index in [0.29, 0.717) is 0 Å². The standard InChI is InChI=1S/C21H23NP/c22-17-10-18-23(19-11-4-1-5-12-19,20-13-6-2-7-14-20)21-15-8-3-9-16-21/h1-9,11-16H,10,17-18,22H2/q+1. The van der Waals surface area contributed by atoms with Gasteiger partial charge >= 0.3 is 0 Å². The third-order valence-corrected chi connectivity index (χ3v) is 8.81. The fraction of sp³-hybridized carbons (Fsp3) is 0.143. The van der Waals surface area contributed by atoms with Crippen LogP contribution < -0.4 is 21.6 Å². The lowest BCUT2D eigenvalue weighted by molar-refractivity contribution is 0.938. The summed E-state index contributed by atoms with van der Waals surface area (Å²) in [4.78, 5) is 0. The molecular formula is C21H23NP+. The summed E-state index contributed by atoms with van der Waals surface area (Å²) in [6, 6.07) is 32.9. The minimum Gasteiger partial charge on any atom is -0.330 e. The number of nitrogens with two attached hydrogens (primary N) is 1. The number of hydrogen-bond acceptors (Lipinski definition) is 1. The first kappa shape index (κ1) is 15.9. The Bertz CT molecular complexity index is 614. The Labute approximate surface area is 139 Å². The summed E-state index contributed by atoms with van der Waals surface area (Å²) in [5, 5.41) is 4.31. The molecule has 1 nitrogen and oxygen atoms in total. The van der Waals surface area contributed by atoms with E-state index in [1.165, 1.54) is 15.9 Å². The molecule has 0 radical (unpaired) electrons. The lowest BCUT2D eigenvalue weighted by atomic mass is 10.4. The third kappa shape index (κ3) is 3.22.